The Kier molecular flexibility index (Phi) is 5.93. The molecule has 19 heavy (non-hydrogen) atoms. The zero-order valence-corrected chi connectivity index (χ0v) is 11.7. The van der Waals surface area contributed by atoms with Crippen LogP contribution in [0.5, 0.6) is 17.2 Å². The summed E-state index contributed by atoms with van der Waals surface area (Å²) in [7, 11) is 4.58. The maximum Gasteiger partial charge on any atom is 0.204 e. The lowest BCUT2D eigenvalue weighted by Gasteiger charge is -2.15. The fourth-order valence-corrected chi connectivity index (χ4v) is 1.86. The van der Waals surface area contributed by atoms with Gasteiger partial charge in [-0.25, -0.2) is 0 Å². The van der Waals surface area contributed by atoms with E-state index in [4.69, 9.17) is 14.2 Å². The molecular weight excluding hydrogens is 244 g/mol. The summed E-state index contributed by atoms with van der Waals surface area (Å²) in [5.74, 6) is 1.44. The molecular formula is C15H20O4. The highest BCUT2D eigenvalue weighted by Gasteiger charge is 2.19. The summed E-state index contributed by atoms with van der Waals surface area (Å²) in [5.41, 5.74) is 0.518. The SMILES string of the molecule is C=CCCCC(=O)c1ccc(OC)c(OC)c1OC. The Balaban J connectivity index is 3.06. The van der Waals surface area contributed by atoms with Crippen LogP contribution in [0.15, 0.2) is 24.8 Å². The number of hydrogen-bond donors (Lipinski definition) is 0. The van der Waals surface area contributed by atoms with Gasteiger partial charge in [0.05, 0.1) is 26.9 Å². The monoisotopic (exact) mass is 264 g/mol. The van der Waals surface area contributed by atoms with E-state index < -0.39 is 0 Å². The van der Waals surface area contributed by atoms with E-state index >= 15 is 0 Å². The molecule has 0 aliphatic rings. The molecule has 0 atom stereocenters. The molecule has 0 aromatic heterocycles. The third kappa shape index (κ3) is 3.50. The summed E-state index contributed by atoms with van der Waals surface area (Å²) in [6.45, 7) is 3.64. The standard InChI is InChI=1S/C15H20O4/c1-5-6-7-8-12(16)11-9-10-13(17-2)15(19-4)14(11)18-3/h5,9-10H,1,6-8H2,2-4H3. The lowest BCUT2D eigenvalue weighted by Crippen LogP contribution is -2.04. The van der Waals surface area contributed by atoms with Gasteiger partial charge >= 0.3 is 0 Å². The molecule has 0 saturated heterocycles. The van der Waals surface area contributed by atoms with Crippen LogP contribution in [0.25, 0.3) is 0 Å². The van der Waals surface area contributed by atoms with Gasteiger partial charge in [0, 0.05) is 6.42 Å². The van der Waals surface area contributed by atoms with Crippen LogP contribution in [0.3, 0.4) is 0 Å². The van der Waals surface area contributed by atoms with E-state index in [1.807, 2.05) is 0 Å². The predicted octanol–water partition coefficient (Wildman–Crippen LogP) is 3.25. The minimum atomic E-state index is 0.0275. The van der Waals surface area contributed by atoms with Crippen molar-refractivity contribution in [2.24, 2.45) is 0 Å². The highest BCUT2D eigenvalue weighted by atomic mass is 16.5. The van der Waals surface area contributed by atoms with Gasteiger partial charge in [0.2, 0.25) is 5.75 Å². The number of unbranched alkanes of at least 4 members (excludes halogenated alkanes) is 1. The Morgan fingerprint density at radius 2 is 1.84 bits per heavy atom. The summed E-state index contributed by atoms with van der Waals surface area (Å²) in [6.07, 6.45) is 3.86. The van der Waals surface area contributed by atoms with Crippen molar-refractivity contribution < 1.29 is 19.0 Å². The third-order valence-corrected chi connectivity index (χ3v) is 2.82. The third-order valence-electron chi connectivity index (χ3n) is 2.82. The molecule has 0 aliphatic heterocycles. The molecule has 0 saturated carbocycles. The van der Waals surface area contributed by atoms with Gasteiger partial charge in [-0.15, -0.1) is 6.58 Å². The van der Waals surface area contributed by atoms with E-state index in [0.29, 0.717) is 29.2 Å². The van der Waals surface area contributed by atoms with Gasteiger partial charge in [0.15, 0.2) is 17.3 Å². The van der Waals surface area contributed by atoms with Crippen molar-refractivity contribution in [3.8, 4) is 17.2 Å². The van der Waals surface area contributed by atoms with E-state index in [-0.39, 0.29) is 5.78 Å². The minimum Gasteiger partial charge on any atom is -0.493 e. The van der Waals surface area contributed by atoms with E-state index in [0.717, 1.165) is 12.8 Å². The quantitative estimate of drug-likeness (QED) is 0.411. The fraction of sp³-hybridized carbons (Fsp3) is 0.400. The molecule has 1 aromatic carbocycles. The Hall–Kier alpha value is -1.97. The fourth-order valence-electron chi connectivity index (χ4n) is 1.86. The molecule has 0 radical (unpaired) electrons. The zero-order chi connectivity index (χ0) is 14.3. The van der Waals surface area contributed by atoms with Crippen LogP contribution < -0.4 is 14.2 Å². The van der Waals surface area contributed by atoms with Gasteiger partial charge in [-0.2, -0.15) is 0 Å². The van der Waals surface area contributed by atoms with Crippen LogP contribution >= 0.6 is 0 Å². The second-order valence-corrected chi connectivity index (χ2v) is 3.99. The summed E-state index contributed by atoms with van der Waals surface area (Å²) >= 11 is 0. The van der Waals surface area contributed by atoms with E-state index in [2.05, 4.69) is 6.58 Å². The number of ketones is 1. The van der Waals surface area contributed by atoms with Gasteiger partial charge in [-0.05, 0) is 25.0 Å². The van der Waals surface area contributed by atoms with Crippen LogP contribution in [0, 0.1) is 0 Å². The lowest BCUT2D eigenvalue weighted by atomic mass is 10.0. The molecule has 0 fully saturated rings. The van der Waals surface area contributed by atoms with Crippen LogP contribution in [0.2, 0.25) is 0 Å². The van der Waals surface area contributed by atoms with Crippen molar-refractivity contribution in [1.82, 2.24) is 0 Å². The van der Waals surface area contributed by atoms with Crippen molar-refractivity contribution in [2.75, 3.05) is 21.3 Å². The van der Waals surface area contributed by atoms with Gasteiger partial charge in [0.1, 0.15) is 0 Å². The second kappa shape index (κ2) is 7.46. The normalized spacial score (nSPS) is 9.84. The number of methoxy groups -OCH3 is 3. The lowest BCUT2D eigenvalue weighted by molar-refractivity contribution is 0.0976. The molecule has 1 rings (SSSR count). The van der Waals surface area contributed by atoms with Gasteiger partial charge in [-0.1, -0.05) is 6.08 Å². The molecule has 4 nitrogen and oxygen atoms in total. The van der Waals surface area contributed by atoms with Crippen LogP contribution in [0.1, 0.15) is 29.6 Å². The molecule has 0 aliphatic carbocycles. The Morgan fingerprint density at radius 3 is 2.37 bits per heavy atom. The van der Waals surface area contributed by atoms with E-state index in [1.165, 1.54) is 14.2 Å². The molecule has 0 bridgehead atoms. The zero-order valence-electron chi connectivity index (χ0n) is 11.7. The molecule has 0 amide bonds. The average molecular weight is 264 g/mol. The first kappa shape index (κ1) is 15.1. The number of benzene rings is 1. The van der Waals surface area contributed by atoms with Crippen molar-refractivity contribution in [3.05, 3.63) is 30.4 Å². The molecule has 0 N–H and O–H groups in total. The number of rotatable bonds is 8. The van der Waals surface area contributed by atoms with Crippen molar-refractivity contribution >= 4 is 5.78 Å². The Bertz CT molecular complexity index is 452. The number of allylic oxidation sites excluding steroid dienone is 1. The molecule has 0 spiro atoms. The molecule has 104 valence electrons. The molecule has 0 unspecified atom stereocenters. The summed E-state index contributed by atoms with van der Waals surface area (Å²) in [4.78, 5) is 12.2. The number of hydrogen-bond acceptors (Lipinski definition) is 4. The largest absolute Gasteiger partial charge is 0.493 e. The number of carbonyl (C=O) groups is 1. The van der Waals surface area contributed by atoms with Crippen molar-refractivity contribution in [1.29, 1.82) is 0 Å². The maximum absolute atomic E-state index is 12.2. The smallest absolute Gasteiger partial charge is 0.204 e. The van der Waals surface area contributed by atoms with Crippen LogP contribution in [-0.4, -0.2) is 27.1 Å². The average Bonchev–Trinajstić information content (AvgIpc) is 2.45. The predicted molar refractivity (Wildman–Crippen MR) is 74.5 cm³/mol. The highest BCUT2D eigenvalue weighted by Crippen LogP contribution is 2.40. The first-order chi connectivity index (χ1) is 9.19. The minimum absolute atomic E-state index is 0.0275. The van der Waals surface area contributed by atoms with Gasteiger partial charge < -0.3 is 14.2 Å². The topological polar surface area (TPSA) is 44.8 Å². The first-order valence-electron chi connectivity index (χ1n) is 6.12. The Labute approximate surface area is 114 Å². The maximum atomic E-state index is 12.2. The number of Topliss-reactive ketones (excluding diaryl/α,β-unsaturated/α-hetero) is 1. The van der Waals surface area contributed by atoms with Crippen LogP contribution in [-0.2, 0) is 0 Å². The number of ether oxygens (including phenoxy) is 3. The van der Waals surface area contributed by atoms with Gasteiger partial charge in [0.25, 0.3) is 0 Å². The summed E-state index contributed by atoms with van der Waals surface area (Å²) < 4.78 is 15.7. The first-order valence-corrected chi connectivity index (χ1v) is 6.12. The van der Waals surface area contributed by atoms with Gasteiger partial charge in [-0.3, -0.25) is 4.79 Å². The highest BCUT2D eigenvalue weighted by molar-refractivity contribution is 5.99. The molecule has 4 heteroatoms. The van der Waals surface area contributed by atoms with Crippen molar-refractivity contribution in [3.63, 3.8) is 0 Å². The number of carbonyl (C=O) groups excluding carboxylic acids is 1. The summed E-state index contributed by atoms with van der Waals surface area (Å²) in [6, 6.07) is 3.42. The molecule has 1 aromatic rings. The van der Waals surface area contributed by atoms with Crippen LogP contribution in [0.4, 0.5) is 0 Å². The van der Waals surface area contributed by atoms with E-state index in [9.17, 15) is 4.79 Å². The second-order valence-electron chi connectivity index (χ2n) is 3.99. The van der Waals surface area contributed by atoms with E-state index in [1.54, 1.807) is 25.3 Å². The Morgan fingerprint density at radius 1 is 1.16 bits per heavy atom. The molecule has 0 heterocycles. The van der Waals surface area contributed by atoms with Crippen molar-refractivity contribution in [2.45, 2.75) is 19.3 Å². The summed E-state index contributed by atoms with van der Waals surface area (Å²) in [5, 5.41) is 0.